The summed E-state index contributed by atoms with van der Waals surface area (Å²) >= 11 is 0. The van der Waals surface area contributed by atoms with Crippen LogP contribution in [0.1, 0.15) is 89.0 Å². The average Bonchev–Trinajstić information content (AvgIpc) is 3.15. The molecule has 0 bridgehead atoms. The van der Waals surface area contributed by atoms with Gasteiger partial charge in [-0.25, -0.2) is 4.79 Å². The van der Waals surface area contributed by atoms with Crippen molar-refractivity contribution in [2.45, 2.75) is 137 Å². The summed E-state index contributed by atoms with van der Waals surface area (Å²) in [4.78, 5) is 48.1. The van der Waals surface area contributed by atoms with Crippen molar-refractivity contribution in [1.82, 2.24) is 4.90 Å². The third-order valence-corrected chi connectivity index (χ3v) is 14.6. The molecule has 4 aliphatic heterocycles. The molecular weight excluding hydrogens is 773 g/mol. The van der Waals surface area contributed by atoms with E-state index in [1.807, 2.05) is 37.8 Å². The van der Waals surface area contributed by atoms with Crippen LogP contribution >= 0.6 is 0 Å². The Labute approximate surface area is 356 Å². The zero-order chi connectivity index (χ0) is 43.1. The van der Waals surface area contributed by atoms with Crippen molar-refractivity contribution in [1.29, 1.82) is 0 Å². The lowest BCUT2D eigenvalue weighted by Crippen LogP contribution is -2.40. The number of amides is 3. The fourth-order valence-electron chi connectivity index (χ4n) is 7.54. The van der Waals surface area contributed by atoms with Gasteiger partial charge in [-0.15, -0.1) is 0 Å². The summed E-state index contributed by atoms with van der Waals surface area (Å²) in [5.41, 5.74) is 8.07. The van der Waals surface area contributed by atoms with Crippen molar-refractivity contribution in [3.05, 3.63) is 64.7 Å². The lowest BCUT2D eigenvalue weighted by Gasteiger charge is -2.35. The number of carbonyl (C=O) groups excluding carboxylic acids is 3. The molecule has 10 nitrogen and oxygen atoms in total. The topological polar surface area (TPSA) is 101 Å². The molecule has 0 aromatic heterocycles. The Kier molecular flexibility index (Phi) is 15.6. The van der Waals surface area contributed by atoms with Crippen molar-refractivity contribution < 1.29 is 28.6 Å². The number of nitrogens with zero attached hydrogens (tertiary/aromatic N) is 4. The Hall–Kier alpha value is -3.59. The molecule has 12 heteroatoms. The van der Waals surface area contributed by atoms with Crippen LogP contribution in [0.2, 0.25) is 51.4 Å². The van der Waals surface area contributed by atoms with Crippen LogP contribution in [0, 0.1) is 11.8 Å². The van der Waals surface area contributed by atoms with Crippen molar-refractivity contribution in [2.24, 2.45) is 16.8 Å². The van der Waals surface area contributed by atoms with E-state index in [0.29, 0.717) is 57.7 Å². The first-order valence-corrected chi connectivity index (χ1v) is 29.4. The maximum Gasteiger partial charge on any atom is 0.414 e. The molecule has 0 radical (unpaired) electrons. The standard InChI is InChI=1S/C26H40N2O4Si.C21H32N2O2Si/c1-19-8-11-22(27(17-19)25(30)32-26(2,3)4)20-9-12-23-21(16-20)10-13-24(29)28(23)18-31-14-15-33(5,6)7;1-16-5-8-19(22-14-16)17-6-9-20-18(13-17)7-10-21(24)23(20)15-25-11-12-26(2,3)4/h9,11-12,16,19H,8,10,13-15,17-18H2,1-7H3;6,9,13,16H,5,7-8,10-12,14-15H2,1-4H3. The predicted octanol–water partition coefficient (Wildman–Crippen LogP) is 10.4. The molecule has 324 valence electrons. The van der Waals surface area contributed by atoms with Crippen molar-refractivity contribution in [3.63, 3.8) is 0 Å². The maximum atomic E-state index is 12.9. The number of fused-ring (bicyclic) bond motifs is 2. The van der Waals surface area contributed by atoms with Gasteiger partial charge in [-0.3, -0.25) is 29.3 Å². The van der Waals surface area contributed by atoms with Crippen LogP contribution in [0.4, 0.5) is 16.2 Å². The van der Waals surface area contributed by atoms with Gasteiger partial charge in [-0.05, 0) is 123 Å². The lowest BCUT2D eigenvalue weighted by molar-refractivity contribution is -0.120. The number of hydrogen-bond acceptors (Lipinski definition) is 7. The second kappa shape index (κ2) is 19.9. The Morgan fingerprint density at radius 3 is 1.76 bits per heavy atom. The zero-order valence-electron chi connectivity index (χ0n) is 38.0. The molecule has 3 amide bonds. The monoisotopic (exact) mass is 844 g/mol. The molecule has 4 heterocycles. The second-order valence-electron chi connectivity index (χ2n) is 20.5. The van der Waals surface area contributed by atoms with Gasteiger partial charge in [0.2, 0.25) is 11.8 Å². The van der Waals surface area contributed by atoms with E-state index in [4.69, 9.17) is 19.2 Å². The van der Waals surface area contributed by atoms with Crippen molar-refractivity contribution >= 4 is 56.8 Å². The van der Waals surface area contributed by atoms with Gasteiger partial charge in [0.1, 0.15) is 19.1 Å². The number of carbonyl (C=O) groups is 3. The summed E-state index contributed by atoms with van der Waals surface area (Å²) in [5.74, 6) is 1.34. The zero-order valence-corrected chi connectivity index (χ0v) is 40.0. The Balaban J connectivity index is 0.000000230. The van der Waals surface area contributed by atoms with E-state index in [9.17, 15) is 14.4 Å². The Morgan fingerprint density at radius 2 is 1.27 bits per heavy atom. The molecule has 0 N–H and O–H groups in total. The molecule has 0 aliphatic carbocycles. The van der Waals surface area contributed by atoms with Crippen LogP contribution in [0.5, 0.6) is 0 Å². The minimum atomic E-state index is -1.17. The van der Waals surface area contributed by atoms with Crippen molar-refractivity contribution in [3.8, 4) is 0 Å². The third-order valence-electron chi connectivity index (χ3n) is 11.2. The number of anilines is 2. The Morgan fingerprint density at radius 1 is 0.746 bits per heavy atom. The van der Waals surface area contributed by atoms with Gasteiger partial charge in [0.05, 0.1) is 5.70 Å². The summed E-state index contributed by atoms with van der Waals surface area (Å²) in [7, 11) is -2.28. The number of allylic oxidation sites excluding steroid dienone is 1. The van der Waals surface area contributed by atoms with E-state index >= 15 is 0 Å². The number of hydrogen-bond donors (Lipinski definition) is 0. The van der Waals surface area contributed by atoms with Gasteiger partial charge < -0.3 is 14.2 Å². The van der Waals surface area contributed by atoms with Crippen molar-refractivity contribution in [2.75, 3.05) is 49.6 Å². The fraction of sp³-hybridized carbons (Fsp3) is 0.617. The summed E-state index contributed by atoms with van der Waals surface area (Å²) < 4.78 is 17.4. The molecule has 4 aliphatic rings. The average molecular weight is 845 g/mol. The molecule has 0 spiro atoms. The van der Waals surface area contributed by atoms with Gasteiger partial charge in [-0.1, -0.05) is 71.3 Å². The van der Waals surface area contributed by atoms with Crippen LogP contribution < -0.4 is 9.80 Å². The maximum absolute atomic E-state index is 12.9. The number of rotatable bonds is 12. The smallest absolute Gasteiger partial charge is 0.414 e. The molecule has 0 saturated carbocycles. The predicted molar refractivity (Wildman–Crippen MR) is 247 cm³/mol. The highest BCUT2D eigenvalue weighted by molar-refractivity contribution is 6.76. The number of benzene rings is 2. The minimum Gasteiger partial charge on any atom is -0.443 e. The summed E-state index contributed by atoms with van der Waals surface area (Å²) in [6, 6.07) is 14.8. The van der Waals surface area contributed by atoms with Crippen LogP contribution in [-0.2, 0) is 36.6 Å². The molecule has 2 aromatic carbocycles. The van der Waals surface area contributed by atoms with Gasteiger partial charge >= 0.3 is 6.09 Å². The molecule has 2 unspecified atom stereocenters. The quantitative estimate of drug-likeness (QED) is 0.156. The first-order valence-electron chi connectivity index (χ1n) is 21.9. The molecule has 2 atom stereocenters. The van der Waals surface area contributed by atoms with E-state index in [1.54, 1.807) is 9.80 Å². The minimum absolute atomic E-state index is 0.101. The fourth-order valence-corrected chi connectivity index (χ4v) is 9.05. The SMILES string of the molecule is CC1CC=C(c2ccc3c(c2)CCC(=O)N3COCC[Si](C)(C)C)N(C(=O)OC(C)(C)C)C1.CC1CCC(c2ccc3c(c2)CCC(=O)N3COCC[Si](C)(C)C)=NC1. The number of aryl methyl sites for hydroxylation is 2. The summed E-state index contributed by atoms with van der Waals surface area (Å²) in [5, 5.41) is 0. The van der Waals surface area contributed by atoms with Gasteiger partial charge in [-0.2, -0.15) is 0 Å². The number of aliphatic imine (C=N–C) groups is 1. The van der Waals surface area contributed by atoms with Crippen LogP contribution in [0.15, 0.2) is 47.5 Å². The molecular formula is C47H72N4O6Si2. The summed E-state index contributed by atoms with van der Waals surface area (Å²) in [6.45, 7) is 27.7. The van der Waals surface area contributed by atoms with Gasteiger partial charge in [0, 0.05) is 72.4 Å². The lowest BCUT2D eigenvalue weighted by atomic mass is 9.92. The van der Waals surface area contributed by atoms with Crippen LogP contribution in [0.3, 0.4) is 0 Å². The molecule has 2 aromatic rings. The highest BCUT2D eigenvalue weighted by atomic mass is 28.3. The molecule has 0 fully saturated rings. The van der Waals surface area contributed by atoms with Crippen LogP contribution in [-0.4, -0.2) is 90.0 Å². The normalized spacial score (nSPS) is 19.9. The number of ether oxygens (including phenoxy) is 3. The van der Waals surface area contributed by atoms with Gasteiger partial charge in [0.15, 0.2) is 0 Å². The van der Waals surface area contributed by atoms with E-state index in [-0.39, 0.29) is 17.9 Å². The second-order valence-corrected chi connectivity index (χ2v) is 31.7. The molecule has 6 rings (SSSR count). The van der Waals surface area contributed by atoms with E-state index < -0.39 is 21.7 Å². The molecule has 0 saturated heterocycles. The third kappa shape index (κ3) is 13.7. The highest BCUT2D eigenvalue weighted by Crippen LogP contribution is 2.35. The summed E-state index contributed by atoms with van der Waals surface area (Å²) in [6.07, 6.45) is 7.56. The van der Waals surface area contributed by atoms with Crippen LogP contribution in [0.25, 0.3) is 5.70 Å². The van der Waals surface area contributed by atoms with E-state index in [0.717, 1.165) is 72.7 Å². The Bertz CT molecular complexity index is 1870. The van der Waals surface area contributed by atoms with E-state index in [1.165, 1.54) is 23.3 Å². The highest BCUT2D eigenvalue weighted by Gasteiger charge is 2.31. The largest absolute Gasteiger partial charge is 0.443 e. The first-order chi connectivity index (χ1) is 27.7. The van der Waals surface area contributed by atoms with Gasteiger partial charge in [0.25, 0.3) is 0 Å². The van der Waals surface area contributed by atoms with E-state index in [2.05, 4.69) is 83.5 Å². The first kappa shape index (κ1) is 46.5. The molecule has 59 heavy (non-hydrogen) atoms.